The molecule has 2 saturated heterocycles. The summed E-state index contributed by atoms with van der Waals surface area (Å²) in [6, 6.07) is 24.7. The molecule has 0 aromatic heterocycles. The van der Waals surface area contributed by atoms with Crippen LogP contribution < -0.4 is 21.7 Å². The minimum Gasteiger partial charge on any atom is -0.530 e. The van der Waals surface area contributed by atoms with Gasteiger partial charge in [0, 0.05) is 50.8 Å². The van der Waals surface area contributed by atoms with Gasteiger partial charge in [0.2, 0.25) is 20.0 Å². The first kappa shape index (κ1) is 67.7. The molecule has 4 aromatic rings. The van der Waals surface area contributed by atoms with Gasteiger partial charge in [0.1, 0.15) is 24.4 Å². The van der Waals surface area contributed by atoms with Gasteiger partial charge in [0.25, 0.3) is 0 Å². The van der Waals surface area contributed by atoms with E-state index in [4.69, 9.17) is 30.0 Å². The molecule has 4 aromatic carbocycles. The summed E-state index contributed by atoms with van der Waals surface area (Å²) < 4.78 is 102. The summed E-state index contributed by atoms with van der Waals surface area (Å²) in [7, 11) is -18.8. The van der Waals surface area contributed by atoms with E-state index in [2.05, 4.69) is 0 Å². The molecule has 2 aliphatic rings. The SMILES string of the molecule is CC(C)CN(CC(OP(=O)(O)O)C(Cc1ccccc1)N(C(=O)[O-])C1CCOC1)S(=O)(=O)c1ccc(N)cc1.CC(C)CN(C[C@@H](OP(=O)(O)O)[C@H](Cc1ccccc1)N(C(=O)[O-])[C@H]1CCOC1)S(=O)(=O)c1ccc(N)cc1.[Ca+2]. The van der Waals surface area contributed by atoms with Crippen LogP contribution in [0.2, 0.25) is 0 Å². The number of carbonyl (C=O) groups is 2. The molecule has 432 valence electrons. The van der Waals surface area contributed by atoms with Gasteiger partial charge >= 0.3 is 53.4 Å². The number of rotatable bonds is 26. The molecule has 0 spiro atoms. The number of carbonyl (C=O) groups excluding carboxylic acids is 2. The van der Waals surface area contributed by atoms with E-state index >= 15 is 0 Å². The summed E-state index contributed by atoms with van der Waals surface area (Å²) in [5.74, 6) is -0.366. The molecule has 6 atom stereocenters. The number of phosphoric ester groups is 2. The van der Waals surface area contributed by atoms with Gasteiger partial charge in [-0.3, -0.25) is 9.05 Å². The van der Waals surface area contributed by atoms with E-state index in [0.717, 1.165) is 18.4 Å². The summed E-state index contributed by atoms with van der Waals surface area (Å²) in [4.78, 5) is 66.1. The minimum absolute atomic E-state index is 0. The monoisotopic (exact) mass is 1210 g/mol. The standard InChI is InChI=1S/2C25H36N3O9PS.Ca/c2*1-18(2)15-27(39(34,35)22-10-8-20(26)9-11-22)16-24(37-38(31,32)33)23(14-19-6-4-3-5-7-19)28(25(29)30)21-12-13-36-17-21;/h2*3-11,18,21,23-24H,12-17,26H2,1-2H3,(H,29,30)(H2,31,32,33);/q;;+2/p-2/t21-,23-,24+;;/m0../s1. The second-order valence-corrected chi connectivity index (χ2v) is 26.0. The molecular weight excluding hydrogens is 1140 g/mol. The number of ether oxygens (including phenoxy) is 2. The number of anilines is 2. The quantitative estimate of drug-likeness (QED) is 0.0299. The van der Waals surface area contributed by atoms with Gasteiger partial charge in [0.05, 0.1) is 47.2 Å². The fraction of sp³-hybridized carbons (Fsp3) is 0.480. The van der Waals surface area contributed by atoms with Crippen LogP contribution in [-0.2, 0) is 60.5 Å². The number of sulfonamides is 2. The summed E-state index contributed by atoms with van der Waals surface area (Å²) in [6.45, 7) is 6.73. The largest absolute Gasteiger partial charge is 2.00 e. The molecular formula is C50H70CaN6O18P2S2. The molecule has 0 aliphatic carbocycles. The molecule has 2 aliphatic heterocycles. The van der Waals surface area contributed by atoms with Crippen molar-refractivity contribution in [2.75, 3.05) is 64.1 Å². The first-order valence-corrected chi connectivity index (χ1v) is 30.9. The Balaban J connectivity index is 0.000000336. The van der Waals surface area contributed by atoms with Gasteiger partial charge in [-0.25, -0.2) is 26.0 Å². The Morgan fingerprint density at radius 3 is 1.15 bits per heavy atom. The van der Waals surface area contributed by atoms with Crippen LogP contribution in [0.1, 0.15) is 51.7 Å². The number of carboxylic acid groups (broad SMARTS) is 2. The summed E-state index contributed by atoms with van der Waals surface area (Å²) in [6.07, 6.45) is -5.66. The van der Waals surface area contributed by atoms with Crippen LogP contribution in [0.15, 0.2) is 119 Å². The molecule has 0 bridgehead atoms. The maximum absolute atomic E-state index is 13.7. The van der Waals surface area contributed by atoms with Crippen molar-refractivity contribution < 1.29 is 83.9 Å². The maximum Gasteiger partial charge on any atom is 2.00 e. The Bertz CT molecular complexity index is 2670. The van der Waals surface area contributed by atoms with Gasteiger partial charge in [0.15, 0.2) is 0 Å². The van der Waals surface area contributed by atoms with E-state index in [-0.39, 0.29) is 98.5 Å². The third kappa shape index (κ3) is 20.9. The summed E-state index contributed by atoms with van der Waals surface area (Å²) in [5, 5.41) is 24.9. The summed E-state index contributed by atoms with van der Waals surface area (Å²) in [5.41, 5.74) is 13.5. The average Bonchev–Trinajstić information content (AvgIpc) is 4.09. The van der Waals surface area contributed by atoms with Gasteiger partial charge < -0.3 is 70.1 Å². The molecule has 79 heavy (non-hydrogen) atoms. The van der Waals surface area contributed by atoms with Crippen molar-refractivity contribution in [3.05, 3.63) is 120 Å². The molecule has 2 fully saturated rings. The normalized spacial score (nSPS) is 17.6. The van der Waals surface area contributed by atoms with Gasteiger partial charge in [-0.1, -0.05) is 88.4 Å². The van der Waals surface area contributed by atoms with Crippen molar-refractivity contribution in [3.63, 3.8) is 0 Å². The first-order chi connectivity index (χ1) is 36.5. The van der Waals surface area contributed by atoms with Crippen molar-refractivity contribution >= 4 is 97.0 Å². The predicted octanol–water partition coefficient (Wildman–Crippen LogP) is 2.50. The van der Waals surface area contributed by atoms with Crippen molar-refractivity contribution in [2.24, 2.45) is 11.8 Å². The molecule has 0 saturated carbocycles. The van der Waals surface area contributed by atoms with Gasteiger partial charge in [-0.15, -0.1) is 0 Å². The average molecular weight is 1210 g/mol. The van der Waals surface area contributed by atoms with E-state index in [0.29, 0.717) is 48.6 Å². The van der Waals surface area contributed by atoms with Gasteiger partial charge in [-0.2, -0.15) is 8.61 Å². The molecule has 2 amide bonds. The number of phosphoric acid groups is 2. The topological polar surface area (TPSA) is 366 Å². The first-order valence-electron chi connectivity index (χ1n) is 25.0. The Labute approximate surface area is 491 Å². The molecule has 0 radical (unpaired) electrons. The van der Waals surface area contributed by atoms with Crippen LogP contribution in [0.4, 0.5) is 21.0 Å². The number of hydrogen-bond acceptors (Lipinski definition) is 16. The van der Waals surface area contributed by atoms with Crippen molar-refractivity contribution in [3.8, 4) is 0 Å². The van der Waals surface area contributed by atoms with Crippen molar-refractivity contribution in [1.29, 1.82) is 0 Å². The third-order valence-electron chi connectivity index (χ3n) is 12.7. The van der Waals surface area contributed by atoms with Gasteiger partial charge in [-0.05, 0) is 97.2 Å². The van der Waals surface area contributed by atoms with E-state index in [9.17, 15) is 65.3 Å². The van der Waals surface area contributed by atoms with Crippen LogP contribution in [-0.4, -0.2) is 194 Å². The number of benzene rings is 4. The zero-order chi connectivity index (χ0) is 57.6. The fourth-order valence-electron chi connectivity index (χ4n) is 9.26. The van der Waals surface area contributed by atoms with Crippen LogP contribution >= 0.6 is 15.6 Å². The number of nitrogens with two attached hydrogens (primary N) is 2. The van der Waals surface area contributed by atoms with Crippen LogP contribution in [0.25, 0.3) is 0 Å². The molecule has 3 unspecified atom stereocenters. The number of amides is 2. The smallest absolute Gasteiger partial charge is 0.530 e. The molecule has 2 heterocycles. The predicted molar refractivity (Wildman–Crippen MR) is 289 cm³/mol. The van der Waals surface area contributed by atoms with Crippen LogP contribution in [0.3, 0.4) is 0 Å². The van der Waals surface area contributed by atoms with Crippen LogP contribution in [0, 0.1) is 11.8 Å². The Hall–Kier alpha value is -3.76. The Kier molecular flexibility index (Phi) is 26.2. The third-order valence-corrected chi connectivity index (χ3v) is 17.4. The zero-order valence-electron chi connectivity index (χ0n) is 44.4. The second kappa shape index (κ2) is 30.5. The van der Waals surface area contributed by atoms with E-state index in [1.165, 1.54) is 48.5 Å². The molecule has 24 nitrogen and oxygen atoms in total. The fourth-order valence-corrected chi connectivity index (χ4v) is 13.6. The van der Waals surface area contributed by atoms with Crippen LogP contribution in [0.5, 0.6) is 0 Å². The Morgan fingerprint density at radius 2 is 0.899 bits per heavy atom. The number of nitrogen functional groups attached to an aromatic ring is 2. The number of nitrogens with zero attached hydrogens (tertiary/aromatic N) is 4. The van der Waals surface area contributed by atoms with Crippen molar-refractivity contribution in [1.82, 2.24) is 18.4 Å². The van der Waals surface area contributed by atoms with E-state index in [1.807, 2.05) is 0 Å². The molecule has 6 rings (SSSR count). The Morgan fingerprint density at radius 1 is 0.582 bits per heavy atom. The minimum atomic E-state index is -5.21. The second-order valence-electron chi connectivity index (χ2n) is 19.7. The maximum atomic E-state index is 13.7. The van der Waals surface area contributed by atoms with E-state index < -0.39 is 97.3 Å². The summed E-state index contributed by atoms with van der Waals surface area (Å²) >= 11 is 0. The molecule has 8 N–H and O–H groups in total. The van der Waals surface area contributed by atoms with E-state index in [1.54, 1.807) is 88.4 Å². The van der Waals surface area contributed by atoms with Crippen molar-refractivity contribution in [2.45, 2.75) is 99.5 Å². The zero-order valence-corrected chi connectivity index (χ0v) is 50.0. The number of hydrogen-bond donors (Lipinski definition) is 6. The molecule has 29 heteroatoms.